The number of hydrogen-bond acceptors (Lipinski definition) is 4. The fourth-order valence-electron chi connectivity index (χ4n) is 2.26. The third-order valence-electron chi connectivity index (χ3n) is 3.67. The molecule has 0 spiro atoms. The number of morpholine rings is 1. The SMILES string of the molecule is CC(CCBr)CCn1ncc(N2CCOCC2)cc1=O. The number of alkyl halides is 1. The van der Waals surface area contributed by atoms with Crippen LogP contribution in [0.1, 0.15) is 19.8 Å². The van der Waals surface area contributed by atoms with Crippen molar-refractivity contribution in [3.63, 3.8) is 0 Å². The predicted molar refractivity (Wildman–Crippen MR) is 83.7 cm³/mol. The maximum atomic E-state index is 12.1. The molecule has 1 atom stereocenters. The van der Waals surface area contributed by atoms with E-state index >= 15 is 0 Å². The van der Waals surface area contributed by atoms with Crippen molar-refractivity contribution in [3.8, 4) is 0 Å². The Bertz CT molecular complexity index is 472. The van der Waals surface area contributed by atoms with Gasteiger partial charge < -0.3 is 9.64 Å². The maximum absolute atomic E-state index is 12.1. The molecule has 0 amide bonds. The highest BCUT2D eigenvalue weighted by molar-refractivity contribution is 9.09. The van der Waals surface area contributed by atoms with Crippen LogP contribution in [0.2, 0.25) is 0 Å². The van der Waals surface area contributed by atoms with Gasteiger partial charge in [-0.2, -0.15) is 5.10 Å². The fourth-order valence-corrected chi connectivity index (χ4v) is 3.04. The summed E-state index contributed by atoms with van der Waals surface area (Å²) in [6.07, 6.45) is 3.90. The Morgan fingerprint density at radius 2 is 2.15 bits per heavy atom. The van der Waals surface area contributed by atoms with Crippen molar-refractivity contribution in [2.24, 2.45) is 5.92 Å². The lowest BCUT2D eigenvalue weighted by Crippen LogP contribution is -2.37. The fraction of sp³-hybridized carbons (Fsp3) is 0.714. The van der Waals surface area contributed by atoms with Crippen LogP contribution in [0.3, 0.4) is 0 Å². The largest absolute Gasteiger partial charge is 0.378 e. The predicted octanol–water partition coefficient (Wildman–Crippen LogP) is 1.89. The minimum absolute atomic E-state index is 0.0139. The summed E-state index contributed by atoms with van der Waals surface area (Å²) in [4.78, 5) is 14.2. The van der Waals surface area contributed by atoms with Gasteiger partial charge in [-0.15, -0.1) is 0 Å². The molecule has 1 aliphatic heterocycles. The molecule has 0 N–H and O–H groups in total. The van der Waals surface area contributed by atoms with Gasteiger partial charge in [0.05, 0.1) is 25.1 Å². The molecule has 0 radical (unpaired) electrons. The first kappa shape index (κ1) is 15.5. The van der Waals surface area contributed by atoms with Gasteiger partial charge in [0.1, 0.15) is 0 Å². The van der Waals surface area contributed by atoms with Gasteiger partial charge in [0.25, 0.3) is 5.56 Å². The Balaban J connectivity index is 1.96. The molecule has 1 aliphatic rings. The van der Waals surface area contributed by atoms with Gasteiger partial charge in [0.2, 0.25) is 0 Å². The van der Waals surface area contributed by atoms with Gasteiger partial charge >= 0.3 is 0 Å². The number of ether oxygens (including phenoxy) is 1. The van der Waals surface area contributed by atoms with E-state index in [2.05, 4.69) is 32.9 Å². The van der Waals surface area contributed by atoms with Crippen molar-refractivity contribution < 1.29 is 4.74 Å². The summed E-state index contributed by atoms with van der Waals surface area (Å²) in [5.74, 6) is 0.599. The number of halogens is 1. The molecule has 2 heterocycles. The van der Waals surface area contributed by atoms with E-state index in [-0.39, 0.29) is 5.56 Å². The first-order chi connectivity index (χ1) is 9.70. The Kier molecular flexibility index (Phi) is 6.04. The van der Waals surface area contributed by atoms with E-state index in [0.29, 0.717) is 25.7 Å². The number of anilines is 1. The quantitative estimate of drug-likeness (QED) is 0.740. The smallest absolute Gasteiger partial charge is 0.268 e. The Hall–Kier alpha value is -0.880. The van der Waals surface area contributed by atoms with Crippen molar-refractivity contribution in [1.29, 1.82) is 0 Å². The van der Waals surface area contributed by atoms with Crippen LogP contribution in [-0.2, 0) is 11.3 Å². The van der Waals surface area contributed by atoms with E-state index in [0.717, 1.165) is 36.9 Å². The molecule has 0 aromatic carbocycles. The van der Waals surface area contributed by atoms with Crippen LogP contribution in [0.25, 0.3) is 0 Å². The van der Waals surface area contributed by atoms with Crippen molar-refractivity contribution >= 4 is 21.6 Å². The maximum Gasteiger partial charge on any atom is 0.268 e. The van der Waals surface area contributed by atoms with Gasteiger partial charge in [-0.05, 0) is 18.8 Å². The summed E-state index contributed by atoms with van der Waals surface area (Å²) in [6.45, 7) is 5.98. The number of aryl methyl sites for hydroxylation is 1. The Morgan fingerprint density at radius 3 is 2.80 bits per heavy atom. The van der Waals surface area contributed by atoms with Crippen LogP contribution in [0.5, 0.6) is 0 Å². The zero-order chi connectivity index (χ0) is 14.4. The summed E-state index contributed by atoms with van der Waals surface area (Å²) in [6, 6.07) is 1.69. The van der Waals surface area contributed by atoms with E-state index in [9.17, 15) is 4.79 Å². The van der Waals surface area contributed by atoms with Crippen molar-refractivity contribution in [2.75, 3.05) is 36.5 Å². The zero-order valence-corrected chi connectivity index (χ0v) is 13.5. The molecule has 1 unspecified atom stereocenters. The second-order valence-corrected chi connectivity index (χ2v) is 6.04. The van der Waals surface area contributed by atoms with Gasteiger partial charge in [-0.25, -0.2) is 4.68 Å². The average molecular weight is 344 g/mol. The molecular weight excluding hydrogens is 322 g/mol. The molecule has 0 saturated carbocycles. The molecule has 0 bridgehead atoms. The third kappa shape index (κ3) is 4.31. The minimum Gasteiger partial charge on any atom is -0.378 e. The molecule has 6 heteroatoms. The van der Waals surface area contributed by atoms with Crippen LogP contribution < -0.4 is 10.5 Å². The Morgan fingerprint density at radius 1 is 1.40 bits per heavy atom. The van der Waals surface area contributed by atoms with Crippen molar-refractivity contribution in [2.45, 2.75) is 26.3 Å². The molecular formula is C14H22BrN3O2. The van der Waals surface area contributed by atoms with E-state index in [1.54, 1.807) is 16.9 Å². The average Bonchev–Trinajstić information content (AvgIpc) is 2.47. The van der Waals surface area contributed by atoms with Crippen molar-refractivity contribution in [3.05, 3.63) is 22.6 Å². The lowest BCUT2D eigenvalue weighted by molar-refractivity contribution is 0.122. The van der Waals surface area contributed by atoms with Gasteiger partial charge in [0.15, 0.2) is 0 Å². The van der Waals surface area contributed by atoms with Gasteiger partial charge in [-0.1, -0.05) is 22.9 Å². The molecule has 1 saturated heterocycles. The van der Waals surface area contributed by atoms with E-state index in [1.165, 1.54) is 0 Å². The summed E-state index contributed by atoms with van der Waals surface area (Å²) in [5.41, 5.74) is 0.892. The summed E-state index contributed by atoms with van der Waals surface area (Å²) in [5, 5.41) is 5.30. The monoisotopic (exact) mass is 343 g/mol. The number of rotatable bonds is 6. The zero-order valence-electron chi connectivity index (χ0n) is 11.9. The van der Waals surface area contributed by atoms with Gasteiger partial charge in [-0.3, -0.25) is 4.79 Å². The van der Waals surface area contributed by atoms with Crippen molar-refractivity contribution in [1.82, 2.24) is 9.78 Å². The highest BCUT2D eigenvalue weighted by atomic mass is 79.9. The second-order valence-electron chi connectivity index (χ2n) is 5.25. The standard InChI is InChI=1S/C14H22BrN3O2/c1-12(2-4-15)3-5-18-14(19)10-13(11-16-18)17-6-8-20-9-7-17/h10-12H,2-9H2,1H3. The molecule has 112 valence electrons. The summed E-state index contributed by atoms with van der Waals surface area (Å²) >= 11 is 3.44. The first-order valence-electron chi connectivity index (χ1n) is 7.16. The first-order valence-corrected chi connectivity index (χ1v) is 8.28. The van der Waals surface area contributed by atoms with E-state index in [4.69, 9.17) is 4.74 Å². The van der Waals surface area contributed by atoms with E-state index < -0.39 is 0 Å². The molecule has 5 nitrogen and oxygen atoms in total. The molecule has 1 aromatic heterocycles. The topological polar surface area (TPSA) is 47.4 Å². The summed E-state index contributed by atoms with van der Waals surface area (Å²) < 4.78 is 6.88. The molecule has 2 rings (SSSR count). The van der Waals surface area contributed by atoms with Crippen LogP contribution in [0.4, 0.5) is 5.69 Å². The lowest BCUT2D eigenvalue weighted by atomic mass is 10.1. The van der Waals surface area contributed by atoms with Crippen LogP contribution in [0, 0.1) is 5.92 Å². The van der Waals surface area contributed by atoms with Crippen LogP contribution >= 0.6 is 15.9 Å². The normalized spacial score (nSPS) is 17.2. The number of aromatic nitrogens is 2. The highest BCUT2D eigenvalue weighted by Gasteiger charge is 2.13. The molecule has 1 aromatic rings. The van der Waals surface area contributed by atoms with Gasteiger partial charge in [0, 0.05) is 31.0 Å². The molecule has 0 aliphatic carbocycles. The van der Waals surface area contributed by atoms with Crippen LogP contribution in [0.15, 0.2) is 17.1 Å². The van der Waals surface area contributed by atoms with Crippen LogP contribution in [-0.4, -0.2) is 41.4 Å². The highest BCUT2D eigenvalue weighted by Crippen LogP contribution is 2.12. The Labute approximate surface area is 128 Å². The third-order valence-corrected chi connectivity index (χ3v) is 4.12. The minimum atomic E-state index is -0.0139. The number of hydrogen-bond donors (Lipinski definition) is 0. The number of nitrogens with zero attached hydrogens (tertiary/aromatic N) is 3. The lowest BCUT2D eigenvalue weighted by Gasteiger charge is -2.28. The molecule has 20 heavy (non-hydrogen) atoms. The van der Waals surface area contributed by atoms with E-state index in [1.807, 2.05) is 0 Å². The molecule has 1 fully saturated rings. The second kappa shape index (κ2) is 7.78. The summed E-state index contributed by atoms with van der Waals surface area (Å²) in [7, 11) is 0.